The van der Waals surface area contributed by atoms with Crippen molar-refractivity contribution in [2.75, 3.05) is 20.3 Å². The van der Waals surface area contributed by atoms with Gasteiger partial charge in [-0.3, -0.25) is 9.69 Å². The molecule has 1 amide bonds. The Bertz CT molecular complexity index is 1190. The fourth-order valence-corrected chi connectivity index (χ4v) is 4.70. The Labute approximate surface area is 193 Å². The number of ether oxygens (including phenoxy) is 2. The number of nitrogens with two attached hydrogens (primary N) is 1. The van der Waals surface area contributed by atoms with Crippen molar-refractivity contribution in [1.82, 2.24) is 4.90 Å². The SMILES string of the molecule is COc1cccc(-c2cccc(C3(c4ccccc4)N=C(N)N(CC4CCCO4)C3=O)c2)c1. The molecular formula is C27H27N3O3. The monoisotopic (exact) mass is 441 g/mol. The highest BCUT2D eigenvalue weighted by atomic mass is 16.5. The Morgan fingerprint density at radius 2 is 1.76 bits per heavy atom. The molecule has 2 unspecified atom stereocenters. The van der Waals surface area contributed by atoms with E-state index >= 15 is 0 Å². The summed E-state index contributed by atoms with van der Waals surface area (Å²) >= 11 is 0. The van der Waals surface area contributed by atoms with Crippen molar-refractivity contribution < 1.29 is 14.3 Å². The zero-order valence-electron chi connectivity index (χ0n) is 18.6. The fourth-order valence-electron chi connectivity index (χ4n) is 4.70. The summed E-state index contributed by atoms with van der Waals surface area (Å²) in [6.45, 7) is 1.13. The van der Waals surface area contributed by atoms with Gasteiger partial charge in [-0.05, 0) is 53.3 Å². The molecule has 1 saturated heterocycles. The Balaban J connectivity index is 1.61. The van der Waals surface area contributed by atoms with E-state index in [9.17, 15) is 4.79 Å². The van der Waals surface area contributed by atoms with Crippen LogP contribution in [0.2, 0.25) is 0 Å². The molecule has 6 nitrogen and oxygen atoms in total. The average molecular weight is 442 g/mol. The van der Waals surface area contributed by atoms with Gasteiger partial charge in [0.15, 0.2) is 11.5 Å². The van der Waals surface area contributed by atoms with E-state index in [0.717, 1.165) is 47.5 Å². The molecule has 2 aliphatic heterocycles. The number of aliphatic imine (C=N–C) groups is 1. The Kier molecular flexibility index (Phi) is 5.60. The second-order valence-electron chi connectivity index (χ2n) is 8.41. The minimum Gasteiger partial charge on any atom is -0.497 e. The molecule has 0 saturated carbocycles. The van der Waals surface area contributed by atoms with Gasteiger partial charge in [0.25, 0.3) is 5.91 Å². The van der Waals surface area contributed by atoms with Gasteiger partial charge in [-0.1, -0.05) is 60.7 Å². The lowest BCUT2D eigenvalue weighted by atomic mass is 9.81. The molecule has 5 rings (SSSR count). The van der Waals surface area contributed by atoms with Gasteiger partial charge in [0, 0.05) is 6.61 Å². The van der Waals surface area contributed by atoms with Crippen molar-refractivity contribution in [1.29, 1.82) is 0 Å². The predicted molar refractivity (Wildman–Crippen MR) is 128 cm³/mol. The smallest absolute Gasteiger partial charge is 0.266 e. The molecule has 2 N–H and O–H groups in total. The molecule has 2 heterocycles. The Hall–Kier alpha value is -3.64. The van der Waals surface area contributed by atoms with Gasteiger partial charge in [-0.2, -0.15) is 0 Å². The van der Waals surface area contributed by atoms with Crippen LogP contribution in [0.3, 0.4) is 0 Å². The number of nitrogens with zero attached hydrogens (tertiary/aromatic N) is 2. The van der Waals surface area contributed by atoms with E-state index in [1.165, 1.54) is 0 Å². The number of carbonyl (C=O) groups is 1. The second-order valence-corrected chi connectivity index (χ2v) is 8.41. The van der Waals surface area contributed by atoms with Crippen molar-refractivity contribution in [2.45, 2.75) is 24.5 Å². The van der Waals surface area contributed by atoms with Crippen molar-refractivity contribution in [3.63, 3.8) is 0 Å². The molecule has 0 spiro atoms. The normalized spacial score (nSPS) is 22.5. The van der Waals surface area contributed by atoms with Crippen LogP contribution in [0.15, 0.2) is 83.9 Å². The van der Waals surface area contributed by atoms with Gasteiger partial charge >= 0.3 is 0 Å². The zero-order chi connectivity index (χ0) is 22.8. The third kappa shape index (κ3) is 3.76. The summed E-state index contributed by atoms with van der Waals surface area (Å²) in [7, 11) is 1.65. The molecule has 0 aliphatic carbocycles. The summed E-state index contributed by atoms with van der Waals surface area (Å²) in [5.41, 5.74) is 8.66. The highest BCUT2D eigenvalue weighted by molar-refractivity contribution is 6.09. The number of rotatable bonds is 6. The molecule has 6 heteroatoms. The lowest BCUT2D eigenvalue weighted by molar-refractivity contribution is -0.131. The molecule has 3 aromatic carbocycles. The van der Waals surface area contributed by atoms with Crippen LogP contribution < -0.4 is 10.5 Å². The molecule has 3 aromatic rings. The molecule has 168 valence electrons. The second kappa shape index (κ2) is 8.71. The molecular weight excluding hydrogens is 414 g/mol. The summed E-state index contributed by atoms with van der Waals surface area (Å²) in [4.78, 5) is 20.4. The first-order valence-corrected chi connectivity index (χ1v) is 11.2. The molecule has 0 radical (unpaired) electrons. The van der Waals surface area contributed by atoms with Gasteiger partial charge in [-0.15, -0.1) is 0 Å². The van der Waals surface area contributed by atoms with E-state index < -0.39 is 5.54 Å². The minimum atomic E-state index is -1.24. The summed E-state index contributed by atoms with van der Waals surface area (Å²) in [5.74, 6) is 0.855. The summed E-state index contributed by atoms with van der Waals surface area (Å²) in [5, 5.41) is 0. The maximum absolute atomic E-state index is 14.0. The lowest BCUT2D eigenvalue weighted by Gasteiger charge is -2.28. The quantitative estimate of drug-likeness (QED) is 0.629. The molecule has 0 aromatic heterocycles. The highest BCUT2D eigenvalue weighted by Gasteiger charge is 2.51. The first-order chi connectivity index (χ1) is 16.1. The van der Waals surface area contributed by atoms with Crippen LogP contribution in [0.25, 0.3) is 11.1 Å². The van der Waals surface area contributed by atoms with Gasteiger partial charge in [0.1, 0.15) is 5.75 Å². The minimum absolute atomic E-state index is 0.0163. The van der Waals surface area contributed by atoms with E-state index in [1.807, 2.05) is 78.9 Å². The molecule has 0 bridgehead atoms. The van der Waals surface area contributed by atoms with Crippen LogP contribution >= 0.6 is 0 Å². The largest absolute Gasteiger partial charge is 0.497 e. The summed E-state index contributed by atoms with van der Waals surface area (Å²) in [6.07, 6.45) is 1.90. The number of guanidine groups is 1. The van der Waals surface area contributed by atoms with Crippen LogP contribution in [0.5, 0.6) is 5.75 Å². The van der Waals surface area contributed by atoms with E-state index in [-0.39, 0.29) is 18.0 Å². The van der Waals surface area contributed by atoms with E-state index in [0.29, 0.717) is 6.54 Å². The lowest BCUT2D eigenvalue weighted by Crippen LogP contribution is -2.46. The van der Waals surface area contributed by atoms with Crippen LogP contribution in [-0.4, -0.2) is 43.1 Å². The Morgan fingerprint density at radius 3 is 2.48 bits per heavy atom. The predicted octanol–water partition coefficient (Wildman–Crippen LogP) is 3.94. The zero-order valence-corrected chi connectivity index (χ0v) is 18.6. The Morgan fingerprint density at radius 1 is 1.03 bits per heavy atom. The van der Waals surface area contributed by atoms with Gasteiger partial charge in [0.05, 0.1) is 19.8 Å². The average Bonchev–Trinajstić information content (AvgIpc) is 3.47. The molecule has 2 atom stereocenters. The van der Waals surface area contributed by atoms with E-state index in [1.54, 1.807) is 12.0 Å². The van der Waals surface area contributed by atoms with Gasteiger partial charge in [-0.25, -0.2) is 4.99 Å². The third-order valence-electron chi connectivity index (χ3n) is 6.40. The standard InChI is InChI=1S/C27H27N3O3/c1-32-23-13-6-9-20(17-23)19-8-5-12-22(16-19)27(21-10-3-2-4-11-21)25(31)30(26(28)29-27)18-24-14-7-15-33-24/h2-6,8-13,16-17,24H,7,14-15,18H2,1H3,(H2,28,29). The fraction of sp³-hybridized carbons (Fsp3) is 0.259. The van der Waals surface area contributed by atoms with Crippen molar-refractivity contribution >= 4 is 11.9 Å². The first-order valence-electron chi connectivity index (χ1n) is 11.2. The number of methoxy groups -OCH3 is 1. The van der Waals surface area contributed by atoms with Crippen molar-refractivity contribution in [2.24, 2.45) is 10.7 Å². The number of benzene rings is 3. The van der Waals surface area contributed by atoms with Crippen LogP contribution in [0.1, 0.15) is 24.0 Å². The highest BCUT2D eigenvalue weighted by Crippen LogP contribution is 2.41. The topological polar surface area (TPSA) is 77.2 Å². The number of hydrogen-bond donors (Lipinski definition) is 1. The summed E-state index contributed by atoms with van der Waals surface area (Å²) in [6, 6.07) is 25.4. The van der Waals surface area contributed by atoms with E-state index in [4.69, 9.17) is 20.2 Å². The van der Waals surface area contributed by atoms with Crippen LogP contribution in [0.4, 0.5) is 0 Å². The van der Waals surface area contributed by atoms with Crippen molar-refractivity contribution in [3.8, 4) is 16.9 Å². The molecule has 33 heavy (non-hydrogen) atoms. The maximum atomic E-state index is 14.0. The molecule has 1 fully saturated rings. The van der Waals surface area contributed by atoms with Gasteiger partial charge in [0.2, 0.25) is 0 Å². The maximum Gasteiger partial charge on any atom is 0.266 e. The third-order valence-corrected chi connectivity index (χ3v) is 6.40. The number of carbonyl (C=O) groups excluding carboxylic acids is 1. The van der Waals surface area contributed by atoms with Crippen molar-refractivity contribution in [3.05, 3.63) is 90.0 Å². The van der Waals surface area contributed by atoms with E-state index in [2.05, 4.69) is 0 Å². The summed E-state index contributed by atoms with van der Waals surface area (Å²) < 4.78 is 11.2. The van der Waals surface area contributed by atoms with Crippen LogP contribution in [-0.2, 0) is 15.1 Å². The van der Waals surface area contributed by atoms with Crippen LogP contribution in [0, 0.1) is 0 Å². The molecule has 2 aliphatic rings. The number of hydrogen-bond acceptors (Lipinski definition) is 5. The number of amides is 1. The van der Waals surface area contributed by atoms with Gasteiger partial charge < -0.3 is 15.2 Å². The first kappa shape index (κ1) is 21.2.